The van der Waals surface area contributed by atoms with Gasteiger partial charge in [-0.3, -0.25) is 0 Å². The van der Waals surface area contributed by atoms with Crippen LogP contribution in [0.5, 0.6) is 0 Å². The third kappa shape index (κ3) is 3.66. The van der Waals surface area contributed by atoms with Gasteiger partial charge in [-0.05, 0) is 79.2 Å². The number of benzene rings is 6. The molecule has 0 heterocycles. The van der Waals surface area contributed by atoms with Gasteiger partial charge in [0.05, 0.1) is 0 Å². The summed E-state index contributed by atoms with van der Waals surface area (Å²) < 4.78 is 0. The van der Waals surface area contributed by atoms with Gasteiger partial charge in [-0.25, -0.2) is 0 Å². The Kier molecular flexibility index (Phi) is 5.59. The summed E-state index contributed by atoms with van der Waals surface area (Å²) in [4.78, 5) is 0. The van der Waals surface area contributed by atoms with Crippen molar-refractivity contribution in [3.63, 3.8) is 0 Å². The van der Waals surface area contributed by atoms with Crippen LogP contribution in [-0.2, 0) is 0 Å². The molecule has 2 N–H and O–H groups in total. The summed E-state index contributed by atoms with van der Waals surface area (Å²) in [7, 11) is 0. The Hall–Kier alpha value is -4.62. The number of fused-ring (bicyclic) bond motifs is 3. The quantitative estimate of drug-likeness (QED) is 0.205. The van der Waals surface area contributed by atoms with Crippen LogP contribution in [0.4, 0.5) is 0 Å². The van der Waals surface area contributed by atoms with Gasteiger partial charge in [-0.15, -0.1) is 0 Å². The lowest BCUT2D eigenvalue weighted by Crippen LogP contribution is -1.96. The summed E-state index contributed by atoms with van der Waals surface area (Å²) in [5.74, 6) is 0. The minimum absolute atomic E-state index is 0.760. The van der Waals surface area contributed by atoms with E-state index in [1.54, 1.807) is 0 Å². The van der Waals surface area contributed by atoms with E-state index in [4.69, 9.17) is 5.73 Å². The molecule has 0 bridgehead atoms. The van der Waals surface area contributed by atoms with Gasteiger partial charge in [-0.1, -0.05) is 121 Å². The molecular weight excluding hydrogens is 434 g/mol. The maximum atomic E-state index is 6.42. The van der Waals surface area contributed by atoms with Crippen molar-refractivity contribution in [2.75, 3.05) is 0 Å². The highest BCUT2D eigenvalue weighted by atomic mass is 14.6. The molecule has 0 spiro atoms. The van der Waals surface area contributed by atoms with E-state index < -0.39 is 0 Å². The second kappa shape index (κ2) is 9.20. The normalized spacial score (nSPS) is 12.2. The Labute approximate surface area is 211 Å². The highest BCUT2D eigenvalue weighted by Gasteiger charge is 2.17. The molecule has 0 atom stereocenters. The lowest BCUT2D eigenvalue weighted by molar-refractivity contribution is 1.51. The second-order valence-corrected chi connectivity index (χ2v) is 9.10. The second-order valence-electron chi connectivity index (χ2n) is 9.10. The van der Waals surface area contributed by atoms with Gasteiger partial charge in [0.15, 0.2) is 0 Å². The maximum Gasteiger partial charge on any atom is 0.0387 e. The van der Waals surface area contributed by atoms with Crippen molar-refractivity contribution in [2.24, 2.45) is 5.73 Å². The zero-order valence-electron chi connectivity index (χ0n) is 20.3. The average Bonchev–Trinajstić information content (AvgIpc) is 2.94. The summed E-state index contributed by atoms with van der Waals surface area (Å²) in [5, 5.41) is 7.52. The van der Waals surface area contributed by atoms with Crippen LogP contribution >= 0.6 is 0 Å². The Balaban J connectivity index is 1.72. The summed E-state index contributed by atoms with van der Waals surface area (Å²) in [5.41, 5.74) is 13.2. The monoisotopic (exact) mass is 461 g/mol. The SMILES string of the molecule is C/C=C\C=C(/N)c1cccc(-c2c3ccccc3c(-c3cccc4ccccc34)c3ccccc23)c1. The number of rotatable bonds is 4. The standard InChI is InChI=1S/C35H27N/c1-2-3-22-33(36)25-14-10-15-26(23-25)34-29-17-6-8-19-31(29)35(32-20-9-7-18-30(32)34)28-21-11-13-24-12-4-5-16-27(24)28/h2-23H,36H2,1H3/b3-2-,33-22-. The van der Waals surface area contributed by atoms with E-state index in [1.807, 2.05) is 25.2 Å². The molecule has 0 unspecified atom stereocenters. The van der Waals surface area contributed by atoms with E-state index in [9.17, 15) is 0 Å². The molecule has 0 fully saturated rings. The molecule has 1 heteroatoms. The van der Waals surface area contributed by atoms with Crippen molar-refractivity contribution < 1.29 is 0 Å². The third-order valence-corrected chi connectivity index (χ3v) is 6.94. The number of hydrogen-bond acceptors (Lipinski definition) is 1. The molecule has 1 nitrogen and oxygen atoms in total. The minimum atomic E-state index is 0.760. The molecule has 6 aromatic rings. The summed E-state index contributed by atoms with van der Waals surface area (Å²) in [6.07, 6.45) is 5.93. The zero-order valence-corrected chi connectivity index (χ0v) is 20.3. The first-order valence-electron chi connectivity index (χ1n) is 12.4. The van der Waals surface area contributed by atoms with Gasteiger partial charge in [0.2, 0.25) is 0 Å². The molecule has 0 aliphatic carbocycles. The minimum Gasteiger partial charge on any atom is -0.398 e. The van der Waals surface area contributed by atoms with E-state index in [-0.39, 0.29) is 0 Å². The van der Waals surface area contributed by atoms with Crippen molar-refractivity contribution in [1.29, 1.82) is 0 Å². The fourth-order valence-electron chi connectivity index (χ4n) is 5.32. The lowest BCUT2D eigenvalue weighted by Gasteiger charge is -2.19. The van der Waals surface area contributed by atoms with Gasteiger partial charge in [0, 0.05) is 5.70 Å². The predicted octanol–water partition coefficient (Wildman–Crippen LogP) is 9.36. The highest BCUT2D eigenvalue weighted by molar-refractivity contribution is 6.23. The Bertz CT molecular complexity index is 1740. The summed E-state index contributed by atoms with van der Waals surface area (Å²) >= 11 is 0. The molecule has 6 rings (SSSR count). The first-order valence-corrected chi connectivity index (χ1v) is 12.4. The van der Waals surface area contributed by atoms with Crippen molar-refractivity contribution in [2.45, 2.75) is 6.92 Å². The molecule has 0 saturated heterocycles. The zero-order chi connectivity index (χ0) is 24.5. The maximum absolute atomic E-state index is 6.42. The van der Waals surface area contributed by atoms with Crippen LogP contribution in [0.15, 0.2) is 133 Å². The largest absolute Gasteiger partial charge is 0.398 e. The Morgan fingerprint density at radius 2 is 1.14 bits per heavy atom. The van der Waals surface area contributed by atoms with Crippen molar-refractivity contribution in [3.05, 3.63) is 139 Å². The number of allylic oxidation sites excluding steroid dienone is 3. The number of hydrogen-bond donors (Lipinski definition) is 1. The lowest BCUT2D eigenvalue weighted by atomic mass is 9.84. The van der Waals surface area contributed by atoms with Crippen LogP contribution < -0.4 is 5.73 Å². The molecule has 0 aliphatic heterocycles. The van der Waals surface area contributed by atoms with Gasteiger partial charge in [0.25, 0.3) is 0 Å². The third-order valence-electron chi connectivity index (χ3n) is 6.94. The summed E-state index contributed by atoms with van der Waals surface area (Å²) in [6, 6.07) is 41.4. The van der Waals surface area contributed by atoms with Crippen molar-refractivity contribution >= 4 is 38.0 Å². The van der Waals surface area contributed by atoms with Gasteiger partial charge in [0.1, 0.15) is 0 Å². The molecule has 0 saturated carbocycles. The van der Waals surface area contributed by atoms with E-state index in [0.717, 1.165) is 11.3 Å². The van der Waals surface area contributed by atoms with Crippen molar-refractivity contribution in [3.8, 4) is 22.3 Å². The Morgan fingerprint density at radius 1 is 0.583 bits per heavy atom. The molecule has 36 heavy (non-hydrogen) atoms. The average molecular weight is 462 g/mol. The summed E-state index contributed by atoms with van der Waals surface area (Å²) in [6.45, 7) is 2.00. The van der Waals surface area contributed by atoms with Crippen LogP contribution in [0, 0.1) is 0 Å². The fourth-order valence-corrected chi connectivity index (χ4v) is 5.32. The molecule has 0 aliphatic rings. The first-order chi connectivity index (χ1) is 17.8. The Morgan fingerprint density at radius 3 is 1.81 bits per heavy atom. The number of nitrogens with two attached hydrogens (primary N) is 1. The van der Waals surface area contributed by atoms with Crippen LogP contribution in [0.3, 0.4) is 0 Å². The fraction of sp³-hybridized carbons (Fsp3) is 0.0286. The molecule has 0 aromatic heterocycles. The molecule has 0 radical (unpaired) electrons. The molecule has 0 amide bonds. The van der Waals surface area contributed by atoms with Crippen LogP contribution in [0.2, 0.25) is 0 Å². The smallest absolute Gasteiger partial charge is 0.0387 e. The topological polar surface area (TPSA) is 26.0 Å². The van der Waals surface area contributed by atoms with E-state index in [2.05, 4.69) is 115 Å². The van der Waals surface area contributed by atoms with Gasteiger partial charge in [-0.2, -0.15) is 0 Å². The predicted molar refractivity (Wildman–Crippen MR) is 157 cm³/mol. The van der Waals surface area contributed by atoms with Gasteiger partial charge < -0.3 is 5.73 Å². The van der Waals surface area contributed by atoms with Crippen LogP contribution in [-0.4, -0.2) is 0 Å². The van der Waals surface area contributed by atoms with E-state index >= 15 is 0 Å². The van der Waals surface area contributed by atoms with Gasteiger partial charge >= 0.3 is 0 Å². The highest BCUT2D eigenvalue weighted by Crippen LogP contribution is 2.45. The molecular formula is C35H27N. The first kappa shape index (κ1) is 21.9. The van der Waals surface area contributed by atoms with Crippen LogP contribution in [0.1, 0.15) is 12.5 Å². The molecule has 172 valence electrons. The van der Waals surface area contributed by atoms with Crippen LogP contribution in [0.25, 0.3) is 60.3 Å². The van der Waals surface area contributed by atoms with Crippen molar-refractivity contribution in [1.82, 2.24) is 0 Å². The molecule has 6 aromatic carbocycles. The van der Waals surface area contributed by atoms with E-state index in [0.29, 0.717) is 0 Å². The van der Waals surface area contributed by atoms with E-state index in [1.165, 1.54) is 54.6 Å².